The van der Waals surface area contributed by atoms with Crippen LogP contribution in [0.4, 0.5) is 0 Å². The van der Waals surface area contributed by atoms with Gasteiger partial charge in [-0.2, -0.15) is 5.10 Å². The number of aromatic amines is 2. The van der Waals surface area contributed by atoms with E-state index in [4.69, 9.17) is 9.72 Å². The van der Waals surface area contributed by atoms with Gasteiger partial charge in [-0.3, -0.25) is 19.7 Å². The zero-order valence-corrected chi connectivity index (χ0v) is 20.3. The van der Waals surface area contributed by atoms with Crippen molar-refractivity contribution in [2.75, 3.05) is 26.3 Å². The topological polar surface area (TPSA) is 130 Å². The summed E-state index contributed by atoms with van der Waals surface area (Å²) in [6, 6.07) is 11.4. The molecular weight excluding hydrogens is 470 g/mol. The Hall–Kier alpha value is -4.44. The van der Waals surface area contributed by atoms with Crippen molar-refractivity contribution in [3.63, 3.8) is 0 Å². The SMILES string of the molecule is CCC(=O)Cc1ccc(-c2cnc3n[nH]c(-c4nc5c(C(=O)N6CCOCC6)cccc5[nH]4)c3c2)cn1. The lowest BCUT2D eigenvalue weighted by atomic mass is 10.1. The molecule has 1 saturated heterocycles. The number of H-pyrrole nitrogens is 2. The predicted octanol–water partition coefficient (Wildman–Crippen LogP) is 3.56. The number of aromatic nitrogens is 6. The summed E-state index contributed by atoms with van der Waals surface area (Å²) in [4.78, 5) is 43.8. The summed E-state index contributed by atoms with van der Waals surface area (Å²) < 4.78 is 5.38. The van der Waals surface area contributed by atoms with Crippen LogP contribution in [-0.4, -0.2) is 73.0 Å². The first kappa shape index (κ1) is 23.0. The van der Waals surface area contributed by atoms with Crippen LogP contribution in [0.5, 0.6) is 0 Å². The molecule has 1 aromatic carbocycles. The van der Waals surface area contributed by atoms with Crippen molar-refractivity contribution in [3.8, 4) is 22.6 Å². The zero-order valence-electron chi connectivity index (χ0n) is 20.3. The normalized spacial score (nSPS) is 13.9. The molecule has 5 aromatic rings. The largest absolute Gasteiger partial charge is 0.378 e. The van der Waals surface area contributed by atoms with Crippen LogP contribution in [0, 0.1) is 0 Å². The van der Waals surface area contributed by atoms with Gasteiger partial charge < -0.3 is 14.6 Å². The number of nitrogens with zero attached hydrogens (tertiary/aromatic N) is 5. The van der Waals surface area contributed by atoms with Crippen molar-refractivity contribution >= 4 is 33.8 Å². The number of rotatable bonds is 6. The molecule has 0 saturated carbocycles. The highest BCUT2D eigenvalue weighted by atomic mass is 16.5. The van der Waals surface area contributed by atoms with Crippen LogP contribution in [0.3, 0.4) is 0 Å². The molecule has 0 unspecified atom stereocenters. The van der Waals surface area contributed by atoms with Crippen LogP contribution < -0.4 is 0 Å². The molecule has 5 heterocycles. The molecular formula is C27H25N7O3. The second-order valence-electron chi connectivity index (χ2n) is 8.99. The second kappa shape index (κ2) is 9.55. The van der Waals surface area contributed by atoms with Crippen molar-refractivity contribution < 1.29 is 14.3 Å². The molecule has 4 aromatic heterocycles. The summed E-state index contributed by atoms with van der Waals surface area (Å²) in [6.45, 7) is 4.06. The number of amides is 1. The smallest absolute Gasteiger partial charge is 0.256 e. The van der Waals surface area contributed by atoms with Gasteiger partial charge >= 0.3 is 0 Å². The molecule has 1 amide bonds. The molecule has 37 heavy (non-hydrogen) atoms. The first-order valence-electron chi connectivity index (χ1n) is 12.3. The predicted molar refractivity (Wildman–Crippen MR) is 138 cm³/mol. The molecule has 1 aliphatic heterocycles. The third-order valence-electron chi connectivity index (χ3n) is 6.62. The number of ketones is 1. The first-order valence-corrected chi connectivity index (χ1v) is 12.3. The number of carbonyl (C=O) groups excluding carboxylic acids is 2. The molecule has 1 fully saturated rings. The Kier molecular flexibility index (Phi) is 5.93. The molecule has 6 rings (SSSR count). The monoisotopic (exact) mass is 495 g/mol. The fourth-order valence-corrected chi connectivity index (χ4v) is 4.52. The minimum atomic E-state index is -0.0537. The van der Waals surface area contributed by atoms with Crippen molar-refractivity contribution in [1.82, 2.24) is 35.0 Å². The van der Waals surface area contributed by atoms with Gasteiger partial charge in [0.1, 0.15) is 17.0 Å². The number of imidazole rings is 1. The molecule has 0 spiro atoms. The number of pyridine rings is 2. The molecule has 0 bridgehead atoms. The summed E-state index contributed by atoms with van der Waals surface area (Å²) in [5.41, 5.74) is 5.68. The van der Waals surface area contributed by atoms with Crippen LogP contribution in [-0.2, 0) is 16.0 Å². The molecule has 186 valence electrons. The third-order valence-corrected chi connectivity index (χ3v) is 6.62. The average molecular weight is 496 g/mol. The molecule has 10 nitrogen and oxygen atoms in total. The van der Waals surface area contributed by atoms with Crippen molar-refractivity contribution in [2.45, 2.75) is 19.8 Å². The standard InChI is InChI=1S/C27H25N7O3/c1-2-19(35)13-18-7-6-16(14-28-18)17-12-21-24(32-33-25(21)29-15-17)26-30-22-5-3-4-20(23(22)31-26)27(36)34-8-10-37-11-9-34/h3-7,12,14-15H,2,8-11,13H2,1H3,(H,30,31)(H,29,32,33). The summed E-state index contributed by atoms with van der Waals surface area (Å²) >= 11 is 0. The summed E-state index contributed by atoms with van der Waals surface area (Å²) in [5.74, 6) is 0.680. The van der Waals surface area contributed by atoms with Gasteiger partial charge in [0.2, 0.25) is 0 Å². The van der Waals surface area contributed by atoms with Gasteiger partial charge in [0.15, 0.2) is 11.5 Å². The molecule has 0 atom stereocenters. The number of nitrogens with one attached hydrogen (secondary N) is 2. The maximum absolute atomic E-state index is 13.2. The van der Waals surface area contributed by atoms with Crippen LogP contribution in [0.1, 0.15) is 29.4 Å². The fraction of sp³-hybridized carbons (Fsp3) is 0.259. The van der Waals surface area contributed by atoms with Crippen molar-refractivity contribution in [2.24, 2.45) is 0 Å². The first-order chi connectivity index (χ1) is 18.1. The zero-order chi connectivity index (χ0) is 25.4. The van der Waals surface area contributed by atoms with E-state index in [0.29, 0.717) is 67.4 Å². The van der Waals surface area contributed by atoms with Crippen molar-refractivity contribution in [3.05, 3.63) is 60.0 Å². The second-order valence-corrected chi connectivity index (χ2v) is 8.99. The highest BCUT2D eigenvalue weighted by molar-refractivity contribution is 6.06. The van der Waals surface area contributed by atoms with Gasteiger partial charge in [-0.15, -0.1) is 0 Å². The summed E-state index contributed by atoms with van der Waals surface area (Å²) in [5, 5.41) is 8.19. The maximum Gasteiger partial charge on any atom is 0.256 e. The van der Waals surface area contributed by atoms with Crippen LogP contribution >= 0.6 is 0 Å². The Morgan fingerprint density at radius 2 is 1.89 bits per heavy atom. The van der Waals surface area contributed by atoms with E-state index in [2.05, 4.69) is 25.1 Å². The van der Waals surface area contributed by atoms with E-state index in [0.717, 1.165) is 27.7 Å². The van der Waals surface area contributed by atoms with Crippen LogP contribution in [0.2, 0.25) is 0 Å². The Morgan fingerprint density at radius 1 is 1.05 bits per heavy atom. The van der Waals surface area contributed by atoms with E-state index in [1.54, 1.807) is 23.4 Å². The lowest BCUT2D eigenvalue weighted by molar-refractivity contribution is -0.118. The number of carbonyl (C=O) groups is 2. The highest BCUT2D eigenvalue weighted by Crippen LogP contribution is 2.30. The number of hydrogen-bond donors (Lipinski definition) is 2. The van der Waals surface area contributed by atoms with E-state index in [1.165, 1.54) is 0 Å². The van der Waals surface area contributed by atoms with Gasteiger partial charge in [-0.1, -0.05) is 19.1 Å². The lowest BCUT2D eigenvalue weighted by Crippen LogP contribution is -2.40. The van der Waals surface area contributed by atoms with E-state index in [9.17, 15) is 9.59 Å². The minimum Gasteiger partial charge on any atom is -0.378 e. The maximum atomic E-state index is 13.2. The van der Waals surface area contributed by atoms with E-state index in [-0.39, 0.29) is 11.7 Å². The Balaban J connectivity index is 1.35. The molecule has 2 N–H and O–H groups in total. The van der Waals surface area contributed by atoms with E-state index < -0.39 is 0 Å². The number of ether oxygens (including phenoxy) is 1. The van der Waals surface area contributed by atoms with Gasteiger partial charge in [-0.25, -0.2) is 9.97 Å². The van der Waals surface area contributed by atoms with Gasteiger partial charge in [0.25, 0.3) is 5.91 Å². The Labute approximate surface area is 212 Å². The van der Waals surface area contributed by atoms with Crippen LogP contribution in [0.15, 0.2) is 48.8 Å². The van der Waals surface area contributed by atoms with Crippen molar-refractivity contribution in [1.29, 1.82) is 0 Å². The molecule has 0 radical (unpaired) electrons. The van der Waals surface area contributed by atoms with Gasteiger partial charge in [0.05, 0.1) is 29.7 Å². The summed E-state index contributed by atoms with van der Waals surface area (Å²) in [6.07, 6.45) is 4.34. The van der Waals surface area contributed by atoms with Gasteiger partial charge in [0, 0.05) is 55.1 Å². The average Bonchev–Trinajstić information content (AvgIpc) is 3.57. The van der Waals surface area contributed by atoms with E-state index >= 15 is 0 Å². The van der Waals surface area contributed by atoms with Crippen LogP contribution in [0.25, 0.3) is 44.7 Å². The molecule has 10 heteroatoms. The lowest BCUT2D eigenvalue weighted by Gasteiger charge is -2.26. The molecule has 0 aliphatic carbocycles. The van der Waals surface area contributed by atoms with Gasteiger partial charge in [-0.05, 0) is 24.3 Å². The third kappa shape index (κ3) is 4.36. The van der Waals surface area contributed by atoms with E-state index in [1.807, 2.05) is 37.3 Å². The number of morpholine rings is 1. The minimum absolute atomic E-state index is 0.0537. The number of benzene rings is 1. The Morgan fingerprint density at radius 3 is 2.68 bits per heavy atom. The number of para-hydroxylation sites is 1. The number of hydrogen-bond acceptors (Lipinski definition) is 7. The highest BCUT2D eigenvalue weighted by Gasteiger charge is 2.23. The number of fused-ring (bicyclic) bond motifs is 2. The molecule has 1 aliphatic rings. The fourth-order valence-electron chi connectivity index (χ4n) is 4.52. The Bertz CT molecular complexity index is 1610. The quantitative estimate of drug-likeness (QED) is 0.368. The summed E-state index contributed by atoms with van der Waals surface area (Å²) in [7, 11) is 0. The number of Topliss-reactive ketones (excluding diaryl/α,β-unsaturated/α-hetero) is 1.